The van der Waals surface area contributed by atoms with Crippen molar-refractivity contribution in [3.05, 3.63) is 24.0 Å². The van der Waals surface area contributed by atoms with E-state index in [0.29, 0.717) is 0 Å². The zero-order chi connectivity index (χ0) is 17.9. The molecule has 130 valence electrons. The van der Waals surface area contributed by atoms with E-state index >= 15 is 0 Å². The smallest absolute Gasteiger partial charge is 0.305 e. The van der Waals surface area contributed by atoms with E-state index in [9.17, 15) is 22.8 Å². The number of hydrogen-bond donors (Lipinski definition) is 2. The predicted octanol–water partition coefficient (Wildman–Crippen LogP) is -1.00. The molecule has 0 saturated heterocycles. The van der Waals surface area contributed by atoms with Crippen molar-refractivity contribution in [3.8, 4) is 0 Å². The first-order chi connectivity index (χ1) is 11.2. The lowest BCUT2D eigenvalue weighted by Gasteiger charge is -2.22. The average molecular weight is 358 g/mol. The van der Waals surface area contributed by atoms with Crippen LogP contribution >= 0.6 is 0 Å². The molecule has 0 spiro atoms. The van der Waals surface area contributed by atoms with Crippen molar-refractivity contribution in [3.63, 3.8) is 0 Å². The quantitative estimate of drug-likeness (QED) is 0.438. The summed E-state index contributed by atoms with van der Waals surface area (Å²) in [5.41, 5.74) is 0.0923. The van der Waals surface area contributed by atoms with Crippen LogP contribution in [0.25, 0.3) is 0 Å². The standard InChI is InChI=1S/C12H14N4O7S/c17-10-2-3-11(18)16(10)9(6-12(19)20)8-7-15(14-13-8)4-1-5-24(21,22)23/h2-3,7,9H,1,4-6H2,(H,19,20)(H,21,22,23). The van der Waals surface area contributed by atoms with Gasteiger partial charge in [0.15, 0.2) is 0 Å². The number of hydrogen-bond acceptors (Lipinski definition) is 7. The molecule has 2 N–H and O–H groups in total. The summed E-state index contributed by atoms with van der Waals surface area (Å²) in [6.07, 6.45) is 2.93. The van der Waals surface area contributed by atoms with Crippen LogP contribution in [0.4, 0.5) is 0 Å². The molecule has 1 aromatic rings. The van der Waals surface area contributed by atoms with E-state index in [1.807, 2.05) is 0 Å². The first-order valence-corrected chi connectivity index (χ1v) is 8.40. The number of imide groups is 1. The van der Waals surface area contributed by atoms with Gasteiger partial charge in [0, 0.05) is 18.7 Å². The number of carbonyl (C=O) groups excluding carboxylic acids is 2. The SMILES string of the molecule is O=C(O)CC(c1cn(CCCS(=O)(=O)O)nn1)N1C(=O)C=CC1=O. The Morgan fingerprint density at radius 1 is 1.25 bits per heavy atom. The Hall–Kier alpha value is -2.60. The van der Waals surface area contributed by atoms with Gasteiger partial charge in [0.05, 0.1) is 24.4 Å². The fourth-order valence-electron chi connectivity index (χ4n) is 2.20. The van der Waals surface area contributed by atoms with Gasteiger partial charge in [-0.3, -0.25) is 28.5 Å². The molecule has 1 unspecified atom stereocenters. The number of rotatable bonds is 8. The number of aromatic nitrogens is 3. The number of carbonyl (C=O) groups is 3. The second-order valence-corrected chi connectivity index (χ2v) is 6.61. The largest absolute Gasteiger partial charge is 0.481 e. The van der Waals surface area contributed by atoms with Gasteiger partial charge in [-0.05, 0) is 6.42 Å². The van der Waals surface area contributed by atoms with Gasteiger partial charge < -0.3 is 5.11 Å². The summed E-state index contributed by atoms with van der Waals surface area (Å²) >= 11 is 0. The maximum Gasteiger partial charge on any atom is 0.305 e. The minimum absolute atomic E-state index is 0.0639. The molecule has 0 radical (unpaired) electrons. The molecule has 0 bridgehead atoms. The molecule has 1 aromatic heterocycles. The van der Waals surface area contributed by atoms with Crippen LogP contribution in [0.15, 0.2) is 18.3 Å². The third-order valence-corrected chi connectivity index (χ3v) is 4.01. The van der Waals surface area contributed by atoms with E-state index < -0.39 is 46.1 Å². The van der Waals surface area contributed by atoms with E-state index in [-0.39, 0.29) is 18.7 Å². The zero-order valence-corrected chi connectivity index (χ0v) is 13.1. The molecule has 2 heterocycles. The van der Waals surface area contributed by atoms with Crippen molar-refractivity contribution in [2.24, 2.45) is 0 Å². The highest BCUT2D eigenvalue weighted by Gasteiger charge is 2.35. The van der Waals surface area contributed by atoms with Crippen LogP contribution < -0.4 is 0 Å². The van der Waals surface area contributed by atoms with Crippen molar-refractivity contribution in [1.82, 2.24) is 19.9 Å². The van der Waals surface area contributed by atoms with Gasteiger partial charge in [0.25, 0.3) is 21.9 Å². The number of amides is 2. The lowest BCUT2D eigenvalue weighted by Crippen LogP contribution is -2.35. The van der Waals surface area contributed by atoms with Crippen LogP contribution in [0, 0.1) is 0 Å². The Morgan fingerprint density at radius 2 is 1.88 bits per heavy atom. The molecule has 1 atom stereocenters. The molecule has 2 amide bonds. The first kappa shape index (κ1) is 17.7. The van der Waals surface area contributed by atoms with Gasteiger partial charge in [0.1, 0.15) is 5.69 Å². The van der Waals surface area contributed by atoms with Crippen LogP contribution in [0.5, 0.6) is 0 Å². The fraction of sp³-hybridized carbons (Fsp3) is 0.417. The number of nitrogens with zero attached hydrogens (tertiary/aromatic N) is 4. The van der Waals surface area contributed by atoms with Crippen molar-refractivity contribution < 1.29 is 32.5 Å². The molecule has 0 aromatic carbocycles. The molecule has 11 nitrogen and oxygen atoms in total. The van der Waals surface area contributed by atoms with Crippen LogP contribution in [-0.4, -0.2) is 61.5 Å². The monoisotopic (exact) mass is 358 g/mol. The summed E-state index contributed by atoms with van der Waals surface area (Å²) in [6.45, 7) is 0.104. The summed E-state index contributed by atoms with van der Waals surface area (Å²) in [7, 11) is -4.09. The highest BCUT2D eigenvalue weighted by atomic mass is 32.2. The topological polar surface area (TPSA) is 160 Å². The highest BCUT2D eigenvalue weighted by Crippen LogP contribution is 2.25. The number of carboxylic acid groups (broad SMARTS) is 1. The van der Waals surface area contributed by atoms with E-state index in [4.69, 9.17) is 9.66 Å². The highest BCUT2D eigenvalue weighted by molar-refractivity contribution is 7.85. The third-order valence-electron chi connectivity index (χ3n) is 3.21. The summed E-state index contributed by atoms with van der Waals surface area (Å²) in [5.74, 6) is -2.99. The predicted molar refractivity (Wildman–Crippen MR) is 77.0 cm³/mol. The van der Waals surface area contributed by atoms with Crippen LogP contribution in [0.3, 0.4) is 0 Å². The van der Waals surface area contributed by atoms with Crippen LogP contribution in [-0.2, 0) is 31.0 Å². The van der Waals surface area contributed by atoms with E-state index in [1.165, 1.54) is 10.9 Å². The Kier molecular flexibility index (Phi) is 5.09. The van der Waals surface area contributed by atoms with E-state index in [2.05, 4.69) is 10.3 Å². The molecule has 0 saturated carbocycles. The fourth-order valence-corrected chi connectivity index (χ4v) is 2.69. The van der Waals surface area contributed by atoms with Crippen molar-refractivity contribution in [2.75, 3.05) is 5.75 Å². The van der Waals surface area contributed by atoms with Crippen molar-refractivity contribution in [1.29, 1.82) is 0 Å². The molecular weight excluding hydrogens is 344 g/mol. The minimum Gasteiger partial charge on any atom is -0.481 e. The van der Waals surface area contributed by atoms with Gasteiger partial charge >= 0.3 is 5.97 Å². The molecule has 0 fully saturated rings. The van der Waals surface area contributed by atoms with Gasteiger partial charge in [-0.2, -0.15) is 8.42 Å². The third kappa shape index (κ3) is 4.45. The summed E-state index contributed by atoms with van der Waals surface area (Å²) in [4.78, 5) is 35.3. The van der Waals surface area contributed by atoms with Crippen molar-refractivity contribution >= 4 is 27.9 Å². The Morgan fingerprint density at radius 3 is 2.42 bits per heavy atom. The minimum atomic E-state index is -4.09. The second-order valence-electron chi connectivity index (χ2n) is 5.04. The Labute approximate surface area is 136 Å². The molecule has 2 rings (SSSR count). The molecule has 0 aliphatic carbocycles. The van der Waals surface area contributed by atoms with Gasteiger partial charge in [0.2, 0.25) is 0 Å². The van der Waals surface area contributed by atoms with Gasteiger partial charge in [-0.15, -0.1) is 5.10 Å². The normalized spacial score (nSPS) is 16.0. The summed E-state index contributed by atoms with van der Waals surface area (Å²) < 4.78 is 31.2. The number of carboxylic acids is 1. The second kappa shape index (κ2) is 6.88. The average Bonchev–Trinajstić information content (AvgIpc) is 3.03. The maximum atomic E-state index is 11.7. The van der Waals surface area contributed by atoms with Crippen molar-refractivity contribution in [2.45, 2.75) is 25.4 Å². The summed E-state index contributed by atoms with van der Waals surface area (Å²) in [6, 6.07) is -1.12. The summed E-state index contributed by atoms with van der Waals surface area (Å²) in [5, 5.41) is 16.5. The first-order valence-electron chi connectivity index (χ1n) is 6.79. The number of aliphatic carboxylic acids is 1. The van der Waals surface area contributed by atoms with Gasteiger partial charge in [-0.1, -0.05) is 5.21 Å². The van der Waals surface area contributed by atoms with E-state index in [1.54, 1.807) is 0 Å². The molecule has 1 aliphatic rings. The lowest BCUT2D eigenvalue weighted by molar-refractivity contribution is -0.143. The Balaban J connectivity index is 2.14. The maximum absolute atomic E-state index is 11.7. The van der Waals surface area contributed by atoms with Gasteiger partial charge in [-0.25, -0.2) is 0 Å². The molecule has 1 aliphatic heterocycles. The Bertz CT molecular complexity index is 780. The lowest BCUT2D eigenvalue weighted by atomic mass is 10.1. The van der Waals surface area contributed by atoms with Crippen LogP contribution in [0.2, 0.25) is 0 Å². The van der Waals surface area contributed by atoms with Crippen LogP contribution in [0.1, 0.15) is 24.6 Å². The molecule has 24 heavy (non-hydrogen) atoms. The number of aryl methyl sites for hydroxylation is 1. The molecule has 12 heteroatoms. The molecular formula is C12H14N4O7S. The zero-order valence-electron chi connectivity index (χ0n) is 12.3. The van der Waals surface area contributed by atoms with E-state index in [0.717, 1.165) is 17.1 Å².